The van der Waals surface area contributed by atoms with Gasteiger partial charge in [0.15, 0.2) is 0 Å². The summed E-state index contributed by atoms with van der Waals surface area (Å²) in [5, 5.41) is 0.945. The number of nitrogens with one attached hydrogen (secondary N) is 1. The summed E-state index contributed by atoms with van der Waals surface area (Å²) in [5.41, 5.74) is 9.63. The van der Waals surface area contributed by atoms with Crippen molar-refractivity contribution in [3.63, 3.8) is 0 Å². The van der Waals surface area contributed by atoms with E-state index >= 15 is 0 Å². The Morgan fingerprint density at radius 1 is 1.19 bits per heavy atom. The molecule has 1 fully saturated rings. The molecule has 4 aromatic rings. The minimum atomic E-state index is 0.474. The highest BCUT2D eigenvalue weighted by molar-refractivity contribution is 5.97. The number of rotatable bonds is 4. The van der Waals surface area contributed by atoms with Crippen molar-refractivity contribution >= 4 is 22.2 Å². The molecule has 0 amide bonds. The van der Waals surface area contributed by atoms with E-state index in [1.165, 1.54) is 6.42 Å². The van der Waals surface area contributed by atoms with Crippen LogP contribution in [-0.2, 0) is 0 Å². The predicted octanol–water partition coefficient (Wildman–Crippen LogP) is 3.74. The molecule has 0 unspecified atom stereocenters. The van der Waals surface area contributed by atoms with Crippen molar-refractivity contribution in [1.29, 1.82) is 0 Å². The van der Waals surface area contributed by atoms with Crippen LogP contribution in [0.15, 0.2) is 30.6 Å². The molecule has 0 aliphatic heterocycles. The number of nitrogen functional groups attached to an aromatic ring is 1. The van der Waals surface area contributed by atoms with E-state index in [0.717, 1.165) is 58.0 Å². The molecular weight excluding hydrogens is 342 g/mol. The lowest BCUT2D eigenvalue weighted by Crippen LogP contribution is -2.12. The summed E-state index contributed by atoms with van der Waals surface area (Å²) in [6.07, 6.45) is 7.24. The van der Waals surface area contributed by atoms with Gasteiger partial charge < -0.3 is 20.2 Å². The maximum Gasteiger partial charge on any atom is 0.150 e. The molecule has 7 nitrogen and oxygen atoms in total. The lowest BCUT2D eigenvalue weighted by atomic mass is 9.85. The molecular formula is C20H21N5O2. The molecule has 1 saturated carbocycles. The lowest BCUT2D eigenvalue weighted by Gasteiger charge is -2.23. The highest BCUT2D eigenvalue weighted by atomic mass is 16.5. The summed E-state index contributed by atoms with van der Waals surface area (Å²) in [5.74, 6) is 3.54. The van der Waals surface area contributed by atoms with Crippen LogP contribution in [0.5, 0.6) is 11.5 Å². The molecule has 0 bridgehead atoms. The van der Waals surface area contributed by atoms with Crippen molar-refractivity contribution < 1.29 is 9.47 Å². The van der Waals surface area contributed by atoms with Crippen LogP contribution in [0.1, 0.15) is 31.0 Å². The molecule has 0 atom stereocenters. The highest BCUT2D eigenvalue weighted by Gasteiger charge is 2.27. The van der Waals surface area contributed by atoms with E-state index in [9.17, 15) is 0 Å². The maximum absolute atomic E-state index is 6.24. The molecule has 3 N–H and O–H groups in total. The van der Waals surface area contributed by atoms with Crippen LogP contribution in [0.25, 0.3) is 27.8 Å². The van der Waals surface area contributed by atoms with Crippen LogP contribution in [-0.4, -0.2) is 33.6 Å². The van der Waals surface area contributed by atoms with Gasteiger partial charge in [-0.15, -0.1) is 0 Å². The Bertz CT molecular complexity index is 1120. The third-order valence-corrected chi connectivity index (χ3v) is 5.49. The molecule has 0 saturated heterocycles. The van der Waals surface area contributed by atoms with Gasteiger partial charge in [0.05, 0.1) is 25.4 Å². The van der Waals surface area contributed by atoms with Gasteiger partial charge in [-0.05, 0) is 31.0 Å². The maximum atomic E-state index is 6.24. The van der Waals surface area contributed by atoms with Crippen molar-refractivity contribution in [3.8, 4) is 22.9 Å². The molecule has 0 spiro atoms. The standard InChI is InChI=1S/C20H21N5O2/c1-26-14-6-7-15(27-2)16-12(14)10-13(23-16)17-18-19(21)22-8-9-25(18)20(24-17)11-4-3-5-11/h6-11,23H,3-5H2,1-2H3,(H2,21,22). The van der Waals surface area contributed by atoms with E-state index in [2.05, 4.69) is 14.4 Å². The first-order valence-corrected chi connectivity index (χ1v) is 9.07. The first-order valence-electron chi connectivity index (χ1n) is 9.07. The van der Waals surface area contributed by atoms with Crippen molar-refractivity contribution in [1.82, 2.24) is 19.4 Å². The van der Waals surface area contributed by atoms with E-state index in [-0.39, 0.29) is 0 Å². The van der Waals surface area contributed by atoms with Gasteiger partial charge in [-0.2, -0.15) is 0 Å². The van der Waals surface area contributed by atoms with Gasteiger partial charge >= 0.3 is 0 Å². The molecule has 138 valence electrons. The Kier molecular flexibility index (Phi) is 3.50. The number of ether oxygens (including phenoxy) is 2. The van der Waals surface area contributed by atoms with E-state index in [4.69, 9.17) is 20.2 Å². The number of aromatic nitrogens is 4. The van der Waals surface area contributed by atoms with E-state index in [0.29, 0.717) is 11.7 Å². The SMILES string of the molecule is COc1ccc(OC)c2[nH]c(-c3nc(C4CCC4)n4ccnc(N)c34)cc12. The minimum absolute atomic E-state index is 0.474. The summed E-state index contributed by atoms with van der Waals surface area (Å²) in [7, 11) is 3.32. The smallest absolute Gasteiger partial charge is 0.150 e. The summed E-state index contributed by atoms with van der Waals surface area (Å²) in [6.45, 7) is 0. The average Bonchev–Trinajstić information content (AvgIpc) is 3.23. The number of nitrogens with two attached hydrogens (primary N) is 1. The summed E-state index contributed by atoms with van der Waals surface area (Å²) >= 11 is 0. The fraction of sp³-hybridized carbons (Fsp3) is 0.300. The van der Waals surface area contributed by atoms with Crippen molar-refractivity contribution in [2.45, 2.75) is 25.2 Å². The quantitative estimate of drug-likeness (QED) is 0.576. The number of methoxy groups -OCH3 is 2. The zero-order valence-electron chi connectivity index (χ0n) is 15.3. The second-order valence-corrected chi connectivity index (χ2v) is 6.92. The fourth-order valence-electron chi connectivity index (χ4n) is 3.87. The highest BCUT2D eigenvalue weighted by Crippen LogP contribution is 2.41. The third kappa shape index (κ3) is 2.27. The van der Waals surface area contributed by atoms with Gasteiger partial charge in [-0.1, -0.05) is 6.42 Å². The Morgan fingerprint density at radius 3 is 2.67 bits per heavy atom. The number of fused-ring (bicyclic) bond motifs is 2. The van der Waals surface area contributed by atoms with Crippen molar-refractivity contribution in [3.05, 3.63) is 36.4 Å². The van der Waals surface area contributed by atoms with Gasteiger partial charge in [0, 0.05) is 23.7 Å². The number of anilines is 1. The first-order chi connectivity index (χ1) is 13.2. The van der Waals surface area contributed by atoms with Crippen LogP contribution >= 0.6 is 0 Å². The number of benzene rings is 1. The number of hydrogen-bond donors (Lipinski definition) is 2. The number of imidazole rings is 1. The van der Waals surface area contributed by atoms with E-state index < -0.39 is 0 Å². The first kappa shape index (κ1) is 16.0. The number of aromatic amines is 1. The Morgan fingerprint density at radius 2 is 1.96 bits per heavy atom. The Hall–Kier alpha value is -3.22. The van der Waals surface area contributed by atoms with Crippen LogP contribution in [0, 0.1) is 0 Å². The Labute approximate surface area is 156 Å². The molecule has 1 aliphatic rings. The van der Waals surface area contributed by atoms with Crippen LogP contribution in [0.3, 0.4) is 0 Å². The van der Waals surface area contributed by atoms with Crippen LogP contribution in [0.2, 0.25) is 0 Å². The molecule has 0 radical (unpaired) electrons. The summed E-state index contributed by atoms with van der Waals surface area (Å²) in [6, 6.07) is 5.83. The second-order valence-electron chi connectivity index (χ2n) is 6.92. The molecule has 1 aromatic carbocycles. The fourth-order valence-corrected chi connectivity index (χ4v) is 3.87. The van der Waals surface area contributed by atoms with Gasteiger partial charge in [0.25, 0.3) is 0 Å². The molecule has 3 aromatic heterocycles. The zero-order valence-corrected chi connectivity index (χ0v) is 15.3. The molecule has 3 heterocycles. The summed E-state index contributed by atoms with van der Waals surface area (Å²) < 4.78 is 13.1. The summed E-state index contributed by atoms with van der Waals surface area (Å²) in [4.78, 5) is 12.7. The van der Waals surface area contributed by atoms with Gasteiger partial charge in [0.1, 0.15) is 34.4 Å². The number of H-pyrrole nitrogens is 1. The lowest BCUT2D eigenvalue weighted by molar-refractivity contribution is 0.400. The van der Waals surface area contributed by atoms with Crippen LogP contribution in [0.4, 0.5) is 5.82 Å². The minimum Gasteiger partial charge on any atom is -0.496 e. The van der Waals surface area contributed by atoms with E-state index in [1.807, 2.05) is 24.4 Å². The molecule has 1 aliphatic carbocycles. The molecule has 27 heavy (non-hydrogen) atoms. The normalized spacial score (nSPS) is 14.6. The predicted molar refractivity (Wildman–Crippen MR) is 104 cm³/mol. The van der Waals surface area contributed by atoms with Crippen LogP contribution < -0.4 is 15.2 Å². The average molecular weight is 363 g/mol. The van der Waals surface area contributed by atoms with Crippen molar-refractivity contribution in [2.75, 3.05) is 20.0 Å². The van der Waals surface area contributed by atoms with Gasteiger partial charge in [-0.3, -0.25) is 4.40 Å². The monoisotopic (exact) mass is 363 g/mol. The Balaban J connectivity index is 1.78. The molecule has 7 heteroatoms. The molecule has 5 rings (SSSR count). The second kappa shape index (κ2) is 5.90. The number of hydrogen-bond acceptors (Lipinski definition) is 5. The zero-order chi connectivity index (χ0) is 18.5. The largest absolute Gasteiger partial charge is 0.496 e. The van der Waals surface area contributed by atoms with Crippen molar-refractivity contribution in [2.24, 2.45) is 0 Å². The number of nitrogens with zero attached hydrogens (tertiary/aromatic N) is 3. The topological polar surface area (TPSA) is 90.5 Å². The third-order valence-electron chi connectivity index (χ3n) is 5.49. The van der Waals surface area contributed by atoms with Gasteiger partial charge in [0.2, 0.25) is 0 Å². The van der Waals surface area contributed by atoms with E-state index in [1.54, 1.807) is 20.4 Å². The van der Waals surface area contributed by atoms with Gasteiger partial charge in [-0.25, -0.2) is 9.97 Å².